The van der Waals surface area contributed by atoms with Gasteiger partial charge in [0.1, 0.15) is 5.76 Å². The van der Waals surface area contributed by atoms with Gasteiger partial charge in [-0.05, 0) is 36.2 Å². The Bertz CT molecular complexity index is 628. The van der Waals surface area contributed by atoms with Gasteiger partial charge >= 0.3 is 0 Å². The van der Waals surface area contributed by atoms with Crippen LogP contribution in [0.1, 0.15) is 23.8 Å². The minimum Gasteiger partial charge on any atom is -0.467 e. The molecule has 23 heavy (non-hydrogen) atoms. The molecule has 0 radical (unpaired) electrons. The SMILES string of the molecule is O=C(CN[C@@H]1CCO[C@@H]1c1ccc(Cl)cc1)NCc1ccco1. The fourth-order valence-electron chi connectivity index (χ4n) is 2.66. The number of benzene rings is 1. The average molecular weight is 335 g/mol. The van der Waals surface area contributed by atoms with Gasteiger partial charge in [0.15, 0.2) is 0 Å². The number of rotatable bonds is 6. The maximum absolute atomic E-state index is 11.9. The fourth-order valence-corrected chi connectivity index (χ4v) is 2.79. The van der Waals surface area contributed by atoms with Crippen molar-refractivity contribution in [2.45, 2.75) is 25.1 Å². The molecule has 0 spiro atoms. The van der Waals surface area contributed by atoms with Gasteiger partial charge in [0.2, 0.25) is 5.91 Å². The van der Waals surface area contributed by atoms with E-state index < -0.39 is 0 Å². The highest BCUT2D eigenvalue weighted by Gasteiger charge is 2.29. The maximum Gasteiger partial charge on any atom is 0.234 e. The first-order valence-electron chi connectivity index (χ1n) is 7.62. The maximum atomic E-state index is 11.9. The highest BCUT2D eigenvalue weighted by atomic mass is 35.5. The molecule has 122 valence electrons. The molecule has 0 aliphatic carbocycles. The summed E-state index contributed by atoms with van der Waals surface area (Å²) in [5.41, 5.74) is 1.07. The molecule has 1 saturated heterocycles. The van der Waals surface area contributed by atoms with Gasteiger partial charge in [-0.1, -0.05) is 23.7 Å². The molecule has 2 N–H and O–H groups in total. The van der Waals surface area contributed by atoms with E-state index in [1.807, 2.05) is 30.3 Å². The summed E-state index contributed by atoms with van der Waals surface area (Å²) in [6.45, 7) is 1.33. The van der Waals surface area contributed by atoms with Crippen molar-refractivity contribution in [2.75, 3.05) is 13.2 Å². The molecule has 1 aliphatic heterocycles. The zero-order valence-electron chi connectivity index (χ0n) is 12.6. The second-order valence-corrected chi connectivity index (χ2v) is 5.91. The smallest absolute Gasteiger partial charge is 0.234 e. The zero-order chi connectivity index (χ0) is 16.1. The number of nitrogens with one attached hydrogen (secondary N) is 2. The summed E-state index contributed by atoms with van der Waals surface area (Å²) in [6, 6.07) is 11.4. The molecule has 1 aromatic carbocycles. The van der Waals surface area contributed by atoms with E-state index >= 15 is 0 Å². The molecular formula is C17H19ClN2O3. The molecule has 2 aromatic rings. The monoisotopic (exact) mass is 334 g/mol. The Labute approximate surface area is 140 Å². The minimum absolute atomic E-state index is 0.0508. The first-order valence-corrected chi connectivity index (χ1v) is 8.00. The molecule has 1 amide bonds. The number of ether oxygens (including phenoxy) is 1. The van der Waals surface area contributed by atoms with Gasteiger partial charge in [0.05, 0.1) is 25.5 Å². The Kier molecular flexibility index (Phi) is 5.33. The summed E-state index contributed by atoms with van der Waals surface area (Å²) in [5.74, 6) is 0.671. The summed E-state index contributed by atoms with van der Waals surface area (Å²) < 4.78 is 11.0. The Morgan fingerprint density at radius 2 is 2.09 bits per heavy atom. The van der Waals surface area contributed by atoms with Crippen LogP contribution in [0.4, 0.5) is 0 Å². The Hall–Kier alpha value is -1.82. The van der Waals surface area contributed by atoms with Crippen LogP contribution in [0.3, 0.4) is 0 Å². The van der Waals surface area contributed by atoms with Gasteiger partial charge in [-0.15, -0.1) is 0 Å². The number of carbonyl (C=O) groups is 1. The predicted molar refractivity (Wildman–Crippen MR) is 87.1 cm³/mol. The summed E-state index contributed by atoms with van der Waals surface area (Å²) in [6.07, 6.45) is 2.41. The fraction of sp³-hybridized carbons (Fsp3) is 0.353. The lowest BCUT2D eigenvalue weighted by Crippen LogP contribution is -2.40. The lowest BCUT2D eigenvalue weighted by atomic mass is 10.0. The normalized spacial score (nSPS) is 20.6. The Morgan fingerprint density at radius 1 is 1.26 bits per heavy atom. The lowest BCUT2D eigenvalue weighted by molar-refractivity contribution is -0.120. The third-order valence-electron chi connectivity index (χ3n) is 3.85. The zero-order valence-corrected chi connectivity index (χ0v) is 13.4. The van der Waals surface area contributed by atoms with Crippen LogP contribution in [0.2, 0.25) is 5.02 Å². The van der Waals surface area contributed by atoms with Crippen molar-refractivity contribution < 1.29 is 13.9 Å². The molecule has 1 aliphatic rings. The van der Waals surface area contributed by atoms with Crippen LogP contribution in [0, 0.1) is 0 Å². The summed E-state index contributed by atoms with van der Waals surface area (Å²) >= 11 is 5.92. The van der Waals surface area contributed by atoms with E-state index in [4.69, 9.17) is 20.8 Å². The van der Waals surface area contributed by atoms with Crippen molar-refractivity contribution in [1.82, 2.24) is 10.6 Å². The van der Waals surface area contributed by atoms with E-state index in [2.05, 4.69) is 10.6 Å². The minimum atomic E-state index is -0.0665. The highest BCUT2D eigenvalue weighted by Crippen LogP contribution is 2.29. The summed E-state index contributed by atoms with van der Waals surface area (Å²) in [5, 5.41) is 6.79. The third-order valence-corrected chi connectivity index (χ3v) is 4.11. The van der Waals surface area contributed by atoms with Gasteiger partial charge in [0.25, 0.3) is 0 Å². The van der Waals surface area contributed by atoms with Gasteiger partial charge in [0, 0.05) is 17.7 Å². The molecule has 2 heterocycles. The van der Waals surface area contributed by atoms with Crippen molar-refractivity contribution in [3.8, 4) is 0 Å². The molecule has 0 saturated carbocycles. The van der Waals surface area contributed by atoms with Crippen LogP contribution in [-0.4, -0.2) is 25.1 Å². The second kappa shape index (κ2) is 7.64. The number of halogens is 1. The van der Waals surface area contributed by atoms with E-state index in [0.29, 0.717) is 18.2 Å². The molecule has 2 atom stereocenters. The van der Waals surface area contributed by atoms with Gasteiger partial charge in [-0.3, -0.25) is 4.79 Å². The van der Waals surface area contributed by atoms with Gasteiger partial charge < -0.3 is 19.8 Å². The molecular weight excluding hydrogens is 316 g/mol. The first kappa shape index (κ1) is 16.1. The number of hydrogen-bond donors (Lipinski definition) is 2. The molecule has 6 heteroatoms. The standard InChI is InChI=1S/C17H19ClN2O3/c18-13-5-3-12(4-6-13)17-15(7-9-23-17)19-11-16(21)20-10-14-2-1-8-22-14/h1-6,8,15,17,19H,7,9-11H2,(H,20,21)/t15-,17-/m1/s1. The molecule has 1 fully saturated rings. The van der Waals surface area contributed by atoms with Crippen molar-refractivity contribution in [1.29, 1.82) is 0 Å². The van der Waals surface area contributed by atoms with Gasteiger partial charge in [-0.25, -0.2) is 0 Å². The van der Waals surface area contributed by atoms with Gasteiger partial charge in [-0.2, -0.15) is 0 Å². The first-order chi connectivity index (χ1) is 11.2. The van der Waals surface area contributed by atoms with Crippen molar-refractivity contribution in [2.24, 2.45) is 0 Å². The average Bonchev–Trinajstić information content (AvgIpc) is 3.23. The highest BCUT2D eigenvalue weighted by molar-refractivity contribution is 6.30. The molecule has 3 rings (SSSR count). The van der Waals surface area contributed by atoms with E-state index in [1.165, 1.54) is 0 Å². The topological polar surface area (TPSA) is 63.5 Å². The summed E-state index contributed by atoms with van der Waals surface area (Å²) in [7, 11) is 0. The van der Waals surface area contributed by atoms with E-state index in [-0.39, 0.29) is 24.6 Å². The van der Waals surface area contributed by atoms with Crippen LogP contribution in [0.15, 0.2) is 47.1 Å². The molecule has 1 aromatic heterocycles. The van der Waals surface area contributed by atoms with Crippen molar-refractivity contribution in [3.63, 3.8) is 0 Å². The number of amides is 1. The molecule has 5 nitrogen and oxygen atoms in total. The predicted octanol–water partition coefficient (Wildman–Crippen LogP) is 2.67. The quantitative estimate of drug-likeness (QED) is 0.852. The van der Waals surface area contributed by atoms with Crippen LogP contribution in [0.5, 0.6) is 0 Å². The molecule has 0 bridgehead atoms. The van der Waals surface area contributed by atoms with Crippen LogP contribution >= 0.6 is 11.6 Å². The van der Waals surface area contributed by atoms with Crippen molar-refractivity contribution in [3.05, 3.63) is 59.0 Å². The van der Waals surface area contributed by atoms with Crippen LogP contribution in [-0.2, 0) is 16.1 Å². The number of furan rings is 1. The molecule has 0 unspecified atom stereocenters. The largest absolute Gasteiger partial charge is 0.467 e. The number of carbonyl (C=O) groups excluding carboxylic acids is 1. The van der Waals surface area contributed by atoms with E-state index in [1.54, 1.807) is 12.3 Å². The van der Waals surface area contributed by atoms with E-state index in [9.17, 15) is 4.79 Å². The summed E-state index contributed by atoms with van der Waals surface area (Å²) in [4.78, 5) is 11.9. The number of hydrogen-bond acceptors (Lipinski definition) is 4. The van der Waals surface area contributed by atoms with Crippen LogP contribution < -0.4 is 10.6 Å². The lowest BCUT2D eigenvalue weighted by Gasteiger charge is -2.20. The van der Waals surface area contributed by atoms with Crippen molar-refractivity contribution >= 4 is 17.5 Å². The Morgan fingerprint density at radius 3 is 2.83 bits per heavy atom. The van der Waals surface area contributed by atoms with E-state index in [0.717, 1.165) is 17.7 Å². The third kappa shape index (κ3) is 4.34. The Balaban J connectivity index is 1.48. The second-order valence-electron chi connectivity index (χ2n) is 5.48. The van der Waals surface area contributed by atoms with Crippen LogP contribution in [0.25, 0.3) is 0 Å².